The van der Waals surface area contributed by atoms with Crippen LogP contribution in [0.5, 0.6) is 0 Å². The van der Waals surface area contributed by atoms with Gasteiger partial charge in [0.05, 0.1) is 8.07 Å². The van der Waals surface area contributed by atoms with Crippen molar-refractivity contribution in [3.63, 3.8) is 0 Å². The van der Waals surface area contributed by atoms with Crippen molar-refractivity contribution in [1.82, 2.24) is 0 Å². The van der Waals surface area contributed by atoms with E-state index in [9.17, 15) is 0 Å². The molecule has 0 aliphatic rings. The number of alkyl halides is 2. The fourth-order valence-electron chi connectivity index (χ4n) is 1.58. The smallest absolute Gasteiger partial charge is 0.0747 e. The molecule has 11 heavy (non-hydrogen) atoms. The van der Waals surface area contributed by atoms with Gasteiger partial charge in [0.15, 0.2) is 0 Å². The van der Waals surface area contributed by atoms with Crippen molar-refractivity contribution in [1.29, 1.82) is 0 Å². The Morgan fingerprint density at radius 3 is 1.55 bits per heavy atom. The van der Waals surface area contributed by atoms with Crippen LogP contribution in [-0.4, -0.2) is 19.0 Å². The highest BCUT2D eigenvalue weighted by Crippen LogP contribution is 2.28. The standard InChI is InChI=1S/C8H18Cl2Si/c1-4-11(5-2,6-3)8(10)7-9/h8H,4-7H2,1-3H3. The normalized spacial score (nSPS) is 15.0. The van der Waals surface area contributed by atoms with Crippen LogP contribution in [0, 0.1) is 0 Å². The number of hydrogen-bond acceptors (Lipinski definition) is 0. The van der Waals surface area contributed by atoms with Crippen LogP contribution in [0.1, 0.15) is 20.8 Å². The molecule has 0 heterocycles. The molecule has 0 nitrogen and oxygen atoms in total. The van der Waals surface area contributed by atoms with Crippen LogP contribution in [0.4, 0.5) is 0 Å². The minimum absolute atomic E-state index is 0.268. The van der Waals surface area contributed by atoms with Crippen molar-refractivity contribution in [2.45, 2.75) is 43.9 Å². The van der Waals surface area contributed by atoms with Gasteiger partial charge in [-0.3, -0.25) is 0 Å². The Morgan fingerprint density at radius 2 is 1.45 bits per heavy atom. The molecule has 3 heteroatoms. The maximum Gasteiger partial charge on any atom is 0.0747 e. The molecule has 0 amide bonds. The molecule has 0 aliphatic heterocycles. The van der Waals surface area contributed by atoms with Crippen molar-refractivity contribution in [2.24, 2.45) is 0 Å². The molecule has 68 valence electrons. The van der Waals surface area contributed by atoms with Gasteiger partial charge in [0.1, 0.15) is 0 Å². The van der Waals surface area contributed by atoms with Crippen molar-refractivity contribution < 1.29 is 0 Å². The summed E-state index contributed by atoms with van der Waals surface area (Å²) in [6, 6.07) is 3.79. The molecule has 1 atom stereocenters. The lowest BCUT2D eigenvalue weighted by atomic mass is 10.9. The van der Waals surface area contributed by atoms with Crippen LogP contribution in [0.25, 0.3) is 0 Å². The van der Waals surface area contributed by atoms with Crippen molar-refractivity contribution >= 4 is 31.3 Å². The van der Waals surface area contributed by atoms with E-state index in [1.54, 1.807) is 0 Å². The van der Waals surface area contributed by atoms with Crippen LogP contribution >= 0.6 is 23.2 Å². The Morgan fingerprint density at radius 1 is 1.09 bits per heavy atom. The molecular formula is C8H18Cl2Si. The highest BCUT2D eigenvalue weighted by atomic mass is 35.5. The van der Waals surface area contributed by atoms with E-state index >= 15 is 0 Å². The van der Waals surface area contributed by atoms with Crippen molar-refractivity contribution in [2.75, 3.05) is 5.88 Å². The quantitative estimate of drug-likeness (QED) is 0.480. The van der Waals surface area contributed by atoms with Gasteiger partial charge in [-0.15, -0.1) is 23.2 Å². The first-order valence-corrected chi connectivity index (χ1v) is 8.03. The third-order valence-electron chi connectivity index (χ3n) is 2.91. The lowest BCUT2D eigenvalue weighted by Crippen LogP contribution is -2.43. The van der Waals surface area contributed by atoms with E-state index in [2.05, 4.69) is 20.8 Å². The van der Waals surface area contributed by atoms with Gasteiger partial charge < -0.3 is 0 Å². The number of rotatable bonds is 5. The predicted molar refractivity (Wildman–Crippen MR) is 57.6 cm³/mol. The fourth-order valence-corrected chi connectivity index (χ4v) is 7.11. The third-order valence-corrected chi connectivity index (χ3v) is 10.9. The average Bonchev–Trinajstić information content (AvgIpc) is 2.08. The van der Waals surface area contributed by atoms with E-state index in [1.165, 1.54) is 18.1 Å². The molecule has 0 saturated carbocycles. The van der Waals surface area contributed by atoms with Gasteiger partial charge in [0.2, 0.25) is 0 Å². The summed E-state index contributed by atoms with van der Waals surface area (Å²) in [6.07, 6.45) is 0. The summed E-state index contributed by atoms with van der Waals surface area (Å²) in [6.45, 7) is 6.75. The molecule has 0 spiro atoms. The molecule has 1 unspecified atom stereocenters. The molecule has 0 aromatic carbocycles. The first kappa shape index (κ1) is 11.8. The highest BCUT2D eigenvalue weighted by molar-refractivity contribution is 6.87. The van der Waals surface area contributed by atoms with Crippen LogP contribution in [0.2, 0.25) is 18.1 Å². The first-order chi connectivity index (χ1) is 5.16. The zero-order valence-corrected chi connectivity index (χ0v) is 10.2. The minimum Gasteiger partial charge on any atom is -0.125 e. The summed E-state index contributed by atoms with van der Waals surface area (Å²) in [4.78, 5) is 0. The minimum atomic E-state index is -1.19. The first-order valence-electron chi connectivity index (χ1n) is 4.36. The van der Waals surface area contributed by atoms with Crippen LogP contribution < -0.4 is 0 Å². The van der Waals surface area contributed by atoms with Gasteiger partial charge in [-0.25, -0.2) is 0 Å². The Hall–Kier alpha value is 0.797. The molecule has 0 fully saturated rings. The lowest BCUT2D eigenvalue weighted by Gasteiger charge is -2.31. The summed E-state index contributed by atoms with van der Waals surface area (Å²) in [5, 5.41) is 0.268. The summed E-state index contributed by atoms with van der Waals surface area (Å²) < 4.78 is 0. The highest BCUT2D eigenvalue weighted by Gasteiger charge is 2.34. The van der Waals surface area contributed by atoms with E-state index in [0.29, 0.717) is 5.88 Å². The van der Waals surface area contributed by atoms with E-state index in [4.69, 9.17) is 23.2 Å². The van der Waals surface area contributed by atoms with E-state index in [0.717, 1.165) is 0 Å². The predicted octanol–water partition coefficient (Wildman–Crippen LogP) is 3.88. The molecule has 0 rings (SSSR count). The molecule has 0 aliphatic carbocycles. The average molecular weight is 213 g/mol. The van der Waals surface area contributed by atoms with Gasteiger partial charge >= 0.3 is 0 Å². The van der Waals surface area contributed by atoms with Gasteiger partial charge in [-0.2, -0.15) is 0 Å². The molecule has 0 aromatic rings. The molecule has 0 bridgehead atoms. The van der Waals surface area contributed by atoms with Crippen LogP contribution in [0.15, 0.2) is 0 Å². The summed E-state index contributed by atoms with van der Waals surface area (Å²) >= 11 is 12.0. The van der Waals surface area contributed by atoms with Gasteiger partial charge in [0, 0.05) is 10.9 Å². The van der Waals surface area contributed by atoms with Gasteiger partial charge in [-0.1, -0.05) is 38.9 Å². The summed E-state index contributed by atoms with van der Waals surface area (Å²) in [5.74, 6) is 0.628. The second kappa shape index (κ2) is 5.44. The second-order valence-electron chi connectivity index (χ2n) is 3.04. The van der Waals surface area contributed by atoms with Crippen LogP contribution in [-0.2, 0) is 0 Å². The Bertz CT molecular complexity index is 94.0. The molecular weight excluding hydrogens is 195 g/mol. The topological polar surface area (TPSA) is 0 Å². The number of hydrogen-bond donors (Lipinski definition) is 0. The SMILES string of the molecule is CC[Si](CC)(CC)C(Cl)CCl. The third kappa shape index (κ3) is 2.64. The van der Waals surface area contributed by atoms with E-state index in [1.807, 2.05) is 0 Å². The van der Waals surface area contributed by atoms with Crippen LogP contribution in [0.3, 0.4) is 0 Å². The van der Waals surface area contributed by atoms with E-state index < -0.39 is 8.07 Å². The van der Waals surface area contributed by atoms with E-state index in [-0.39, 0.29) is 5.00 Å². The largest absolute Gasteiger partial charge is 0.125 e. The Labute approximate surface area is 81.3 Å². The molecule has 0 aromatic heterocycles. The molecule has 0 radical (unpaired) electrons. The zero-order valence-electron chi connectivity index (χ0n) is 7.66. The maximum atomic E-state index is 6.22. The summed E-state index contributed by atoms with van der Waals surface area (Å²) in [5.41, 5.74) is 0. The van der Waals surface area contributed by atoms with Crippen molar-refractivity contribution in [3.05, 3.63) is 0 Å². The molecule has 0 N–H and O–H groups in total. The monoisotopic (exact) mass is 212 g/mol. The second-order valence-corrected chi connectivity index (χ2v) is 9.79. The van der Waals surface area contributed by atoms with Crippen molar-refractivity contribution in [3.8, 4) is 0 Å². The number of halogens is 2. The Balaban J connectivity index is 4.26. The van der Waals surface area contributed by atoms with Gasteiger partial charge in [-0.05, 0) is 0 Å². The molecule has 0 saturated heterocycles. The fraction of sp³-hybridized carbons (Fsp3) is 1.00. The lowest BCUT2D eigenvalue weighted by molar-refractivity contribution is 1.09. The Kier molecular flexibility index (Phi) is 5.84. The summed E-state index contributed by atoms with van der Waals surface area (Å²) in [7, 11) is -1.19. The maximum absolute atomic E-state index is 6.22. The van der Waals surface area contributed by atoms with Gasteiger partial charge in [0.25, 0.3) is 0 Å². The zero-order chi connectivity index (χ0) is 8.91.